The van der Waals surface area contributed by atoms with E-state index >= 15 is 0 Å². The number of hydrogen-bond acceptors (Lipinski definition) is 2. The minimum atomic E-state index is -0.617. The second kappa shape index (κ2) is 4.92. The SMILES string of the molecule is CC1(C(=O)NC2CCCCC2Cl)CCCO1. The van der Waals surface area contributed by atoms with Gasteiger partial charge in [-0.1, -0.05) is 12.8 Å². The molecule has 3 atom stereocenters. The lowest BCUT2D eigenvalue weighted by Crippen LogP contribution is -2.51. The first-order chi connectivity index (χ1) is 7.62. The van der Waals surface area contributed by atoms with Crippen molar-refractivity contribution < 1.29 is 9.53 Å². The molecule has 4 heteroatoms. The highest BCUT2D eigenvalue weighted by molar-refractivity contribution is 6.21. The van der Waals surface area contributed by atoms with Gasteiger partial charge in [-0.15, -0.1) is 11.6 Å². The molecule has 1 aliphatic carbocycles. The molecule has 3 nitrogen and oxygen atoms in total. The summed E-state index contributed by atoms with van der Waals surface area (Å²) in [6.45, 7) is 2.57. The summed E-state index contributed by atoms with van der Waals surface area (Å²) in [4.78, 5) is 12.1. The molecule has 3 unspecified atom stereocenters. The van der Waals surface area contributed by atoms with E-state index in [1.54, 1.807) is 0 Å². The molecular formula is C12H20ClNO2. The van der Waals surface area contributed by atoms with Crippen molar-refractivity contribution in [2.24, 2.45) is 0 Å². The second-order valence-electron chi connectivity index (χ2n) is 5.06. The summed E-state index contributed by atoms with van der Waals surface area (Å²) in [6.07, 6.45) is 6.12. The average molecular weight is 246 g/mol. The molecule has 1 amide bonds. The van der Waals surface area contributed by atoms with E-state index in [-0.39, 0.29) is 17.3 Å². The van der Waals surface area contributed by atoms with Gasteiger partial charge in [-0.05, 0) is 32.6 Å². The van der Waals surface area contributed by atoms with Gasteiger partial charge in [-0.2, -0.15) is 0 Å². The van der Waals surface area contributed by atoms with Crippen molar-refractivity contribution in [1.82, 2.24) is 5.32 Å². The smallest absolute Gasteiger partial charge is 0.252 e. The van der Waals surface area contributed by atoms with Crippen molar-refractivity contribution in [3.05, 3.63) is 0 Å². The predicted octanol–water partition coefficient (Wildman–Crippen LogP) is 2.22. The lowest BCUT2D eigenvalue weighted by Gasteiger charge is -2.31. The van der Waals surface area contributed by atoms with Crippen LogP contribution in [0.15, 0.2) is 0 Å². The molecule has 1 heterocycles. The van der Waals surface area contributed by atoms with E-state index in [1.165, 1.54) is 6.42 Å². The van der Waals surface area contributed by atoms with Gasteiger partial charge in [0.05, 0.1) is 5.38 Å². The molecule has 16 heavy (non-hydrogen) atoms. The van der Waals surface area contributed by atoms with E-state index in [9.17, 15) is 4.79 Å². The molecule has 0 aromatic rings. The molecule has 2 rings (SSSR count). The van der Waals surface area contributed by atoms with Crippen molar-refractivity contribution in [1.29, 1.82) is 0 Å². The number of carbonyl (C=O) groups is 1. The lowest BCUT2D eigenvalue weighted by molar-refractivity contribution is -0.140. The van der Waals surface area contributed by atoms with Crippen LogP contribution in [-0.2, 0) is 9.53 Å². The molecule has 1 N–H and O–H groups in total. The summed E-state index contributed by atoms with van der Waals surface area (Å²) >= 11 is 6.22. The third kappa shape index (κ3) is 2.51. The van der Waals surface area contributed by atoms with Crippen LogP contribution in [-0.4, -0.2) is 29.5 Å². The first-order valence-corrected chi connectivity index (χ1v) is 6.64. The van der Waals surface area contributed by atoms with Crippen LogP contribution in [0.2, 0.25) is 0 Å². The Morgan fingerprint density at radius 3 is 2.75 bits per heavy atom. The Morgan fingerprint density at radius 2 is 2.12 bits per heavy atom. The Labute approximate surface area is 102 Å². The van der Waals surface area contributed by atoms with Gasteiger partial charge in [0.1, 0.15) is 5.60 Å². The van der Waals surface area contributed by atoms with Crippen LogP contribution in [0.4, 0.5) is 0 Å². The van der Waals surface area contributed by atoms with E-state index in [4.69, 9.17) is 16.3 Å². The van der Waals surface area contributed by atoms with Crippen LogP contribution in [0.3, 0.4) is 0 Å². The van der Waals surface area contributed by atoms with Gasteiger partial charge in [0.15, 0.2) is 0 Å². The topological polar surface area (TPSA) is 38.3 Å². The molecule has 92 valence electrons. The highest BCUT2D eigenvalue weighted by Gasteiger charge is 2.39. The van der Waals surface area contributed by atoms with Crippen LogP contribution in [0, 0.1) is 0 Å². The first kappa shape index (κ1) is 12.2. The fourth-order valence-corrected chi connectivity index (χ4v) is 2.87. The number of ether oxygens (including phenoxy) is 1. The van der Waals surface area contributed by atoms with E-state index in [2.05, 4.69) is 5.32 Å². The molecule has 0 spiro atoms. The maximum atomic E-state index is 12.1. The first-order valence-electron chi connectivity index (χ1n) is 6.21. The zero-order valence-corrected chi connectivity index (χ0v) is 10.6. The number of hydrogen-bond donors (Lipinski definition) is 1. The fourth-order valence-electron chi connectivity index (χ4n) is 2.53. The Morgan fingerprint density at radius 1 is 1.38 bits per heavy atom. The van der Waals surface area contributed by atoms with Gasteiger partial charge in [-0.3, -0.25) is 4.79 Å². The number of nitrogens with one attached hydrogen (secondary N) is 1. The van der Waals surface area contributed by atoms with Gasteiger partial charge in [0.25, 0.3) is 5.91 Å². The highest BCUT2D eigenvalue weighted by atomic mass is 35.5. The van der Waals surface area contributed by atoms with Crippen LogP contribution in [0.25, 0.3) is 0 Å². The van der Waals surface area contributed by atoms with E-state index in [1.807, 2.05) is 6.92 Å². The largest absolute Gasteiger partial charge is 0.365 e. The minimum absolute atomic E-state index is 0.0163. The number of halogens is 1. The third-order valence-electron chi connectivity index (χ3n) is 3.70. The van der Waals surface area contributed by atoms with Crippen molar-refractivity contribution >= 4 is 17.5 Å². The molecular weight excluding hydrogens is 226 g/mol. The molecule has 1 saturated carbocycles. The Kier molecular flexibility index (Phi) is 3.75. The summed E-state index contributed by atoms with van der Waals surface area (Å²) in [5, 5.41) is 3.14. The zero-order valence-electron chi connectivity index (χ0n) is 9.80. The molecule has 2 aliphatic rings. The molecule has 0 radical (unpaired) electrons. The Bertz CT molecular complexity index is 264. The van der Waals surface area contributed by atoms with Crippen LogP contribution in [0.5, 0.6) is 0 Å². The monoisotopic (exact) mass is 245 g/mol. The molecule has 2 fully saturated rings. The quantitative estimate of drug-likeness (QED) is 0.758. The van der Waals surface area contributed by atoms with Gasteiger partial charge < -0.3 is 10.1 Å². The minimum Gasteiger partial charge on any atom is -0.365 e. The summed E-state index contributed by atoms with van der Waals surface area (Å²) in [7, 11) is 0. The maximum Gasteiger partial charge on any atom is 0.252 e. The van der Waals surface area contributed by atoms with Gasteiger partial charge in [0, 0.05) is 12.6 Å². The highest BCUT2D eigenvalue weighted by Crippen LogP contribution is 2.27. The number of amides is 1. The van der Waals surface area contributed by atoms with Crippen LogP contribution < -0.4 is 5.32 Å². The van der Waals surface area contributed by atoms with Crippen molar-refractivity contribution in [3.8, 4) is 0 Å². The fraction of sp³-hybridized carbons (Fsp3) is 0.917. The molecule has 0 aromatic heterocycles. The zero-order chi connectivity index (χ0) is 11.6. The third-order valence-corrected chi connectivity index (χ3v) is 4.22. The molecule has 0 aromatic carbocycles. The van der Waals surface area contributed by atoms with Gasteiger partial charge >= 0.3 is 0 Å². The van der Waals surface area contributed by atoms with E-state index in [0.29, 0.717) is 6.61 Å². The maximum absolute atomic E-state index is 12.1. The Hall–Kier alpha value is -0.280. The summed E-state index contributed by atoms with van der Waals surface area (Å²) in [5.41, 5.74) is -0.617. The van der Waals surface area contributed by atoms with Crippen molar-refractivity contribution in [2.45, 2.75) is 62.5 Å². The van der Waals surface area contributed by atoms with Crippen LogP contribution >= 0.6 is 11.6 Å². The predicted molar refractivity (Wildman–Crippen MR) is 63.6 cm³/mol. The normalized spacial score (nSPS) is 39.6. The van der Waals surface area contributed by atoms with E-state index in [0.717, 1.165) is 32.1 Å². The van der Waals surface area contributed by atoms with Crippen LogP contribution in [0.1, 0.15) is 45.4 Å². The summed E-state index contributed by atoms with van der Waals surface area (Å²) in [6, 6.07) is 0.129. The number of alkyl halides is 1. The van der Waals surface area contributed by atoms with Gasteiger partial charge in [0.2, 0.25) is 0 Å². The second-order valence-corrected chi connectivity index (χ2v) is 5.62. The number of rotatable bonds is 2. The molecule has 0 bridgehead atoms. The van der Waals surface area contributed by atoms with Crippen molar-refractivity contribution in [2.75, 3.05) is 6.61 Å². The molecule has 1 aliphatic heterocycles. The summed E-state index contributed by atoms with van der Waals surface area (Å²) in [5.74, 6) is 0.0163. The standard InChI is InChI=1S/C12H20ClNO2/c1-12(7-4-8-16-12)11(15)14-10-6-3-2-5-9(10)13/h9-10H,2-8H2,1H3,(H,14,15). The summed E-state index contributed by atoms with van der Waals surface area (Å²) < 4.78 is 5.52. The van der Waals surface area contributed by atoms with E-state index < -0.39 is 5.60 Å². The lowest BCUT2D eigenvalue weighted by atomic mass is 9.93. The Balaban J connectivity index is 1.90. The van der Waals surface area contributed by atoms with Crippen molar-refractivity contribution in [3.63, 3.8) is 0 Å². The van der Waals surface area contributed by atoms with Gasteiger partial charge in [-0.25, -0.2) is 0 Å². The average Bonchev–Trinajstić information content (AvgIpc) is 2.70. The number of carbonyl (C=O) groups excluding carboxylic acids is 1. The molecule has 1 saturated heterocycles.